The van der Waals surface area contributed by atoms with Gasteiger partial charge in [-0.05, 0) is 23.8 Å². The van der Waals surface area contributed by atoms with Gasteiger partial charge < -0.3 is 19.7 Å². The summed E-state index contributed by atoms with van der Waals surface area (Å²) in [5, 5.41) is 14.2. The van der Waals surface area contributed by atoms with E-state index in [1.165, 1.54) is 4.31 Å². The lowest BCUT2D eigenvalue weighted by molar-refractivity contribution is -0.193. The van der Waals surface area contributed by atoms with Gasteiger partial charge >= 0.3 is 24.3 Å². The monoisotopic (exact) mass is 631 g/mol. The summed E-state index contributed by atoms with van der Waals surface area (Å²) in [6.07, 6.45) is -5.77. The molecule has 11 nitrogen and oxygen atoms in total. The third-order valence-electron chi connectivity index (χ3n) is 5.81. The number of methoxy groups -OCH3 is 1. The minimum absolute atomic E-state index is 0.230. The van der Waals surface area contributed by atoms with Crippen molar-refractivity contribution in [2.45, 2.75) is 35.8 Å². The first kappa shape index (κ1) is 34.7. The molecular weight excluding hydrogens is 604 g/mol. The van der Waals surface area contributed by atoms with Gasteiger partial charge in [-0.1, -0.05) is 18.2 Å². The molecule has 1 aromatic carbocycles. The van der Waals surface area contributed by atoms with Crippen LogP contribution in [0.2, 0.25) is 0 Å². The van der Waals surface area contributed by atoms with Crippen molar-refractivity contribution in [2.24, 2.45) is 0 Å². The number of aromatic nitrogens is 1. The number of nitrogens with zero attached hydrogens (tertiary/aromatic N) is 3. The lowest BCUT2D eigenvalue weighted by Gasteiger charge is -2.32. The third kappa shape index (κ3) is 9.81. The molecule has 0 bridgehead atoms. The number of likely N-dealkylation sites (tertiary alicyclic amines) is 1. The Morgan fingerprint density at radius 1 is 1.02 bits per heavy atom. The van der Waals surface area contributed by atoms with Gasteiger partial charge in [0.25, 0.3) is 0 Å². The number of sulfonamides is 1. The average Bonchev–Trinajstić information content (AvgIpc) is 3.24. The summed E-state index contributed by atoms with van der Waals surface area (Å²) in [5.74, 6) is -5.08. The van der Waals surface area contributed by atoms with Crippen molar-refractivity contribution >= 4 is 22.0 Å². The molecule has 2 aliphatic heterocycles. The number of carboxylic acid groups (broad SMARTS) is 2. The number of aliphatic carboxylic acids is 2. The molecule has 0 aliphatic carbocycles. The average molecular weight is 632 g/mol. The first-order valence-electron chi connectivity index (χ1n) is 11.9. The van der Waals surface area contributed by atoms with Crippen LogP contribution in [0, 0.1) is 0 Å². The van der Waals surface area contributed by atoms with Crippen LogP contribution in [0.3, 0.4) is 0 Å². The van der Waals surface area contributed by atoms with Crippen molar-refractivity contribution in [3.63, 3.8) is 0 Å². The molecule has 1 unspecified atom stereocenters. The standard InChI is InChI=1S/C20H25N3O4S.2C2HF3O2/c1-26-12-11-23-16-20(27-18-6-2-3-7-19(18)28(23,24)25)8-10-22(15-20)14-17-5-4-9-21-13-17;2*3-2(4,5)1(6)7/h2-7,9,13H,8,10-12,14-16H2,1H3;2*(H,6,7). The van der Waals surface area contributed by atoms with Crippen LogP contribution in [0.25, 0.3) is 0 Å². The number of alkyl halides is 6. The van der Waals surface area contributed by atoms with E-state index in [4.69, 9.17) is 29.3 Å². The Labute approximate surface area is 236 Å². The number of benzene rings is 1. The number of rotatable bonds is 5. The molecule has 3 heterocycles. The van der Waals surface area contributed by atoms with Crippen LogP contribution in [-0.2, 0) is 30.9 Å². The van der Waals surface area contributed by atoms with Crippen molar-refractivity contribution in [3.8, 4) is 5.75 Å². The summed E-state index contributed by atoms with van der Waals surface area (Å²) in [4.78, 5) is 24.5. The Kier molecular flexibility index (Phi) is 11.7. The molecule has 4 rings (SSSR count). The summed E-state index contributed by atoms with van der Waals surface area (Å²) in [7, 11) is -2.05. The lowest BCUT2D eigenvalue weighted by Crippen LogP contribution is -2.49. The number of pyridine rings is 1. The maximum absolute atomic E-state index is 13.2. The second-order valence-electron chi connectivity index (χ2n) is 8.99. The predicted octanol–water partition coefficient (Wildman–Crippen LogP) is 3.02. The second kappa shape index (κ2) is 14.1. The fourth-order valence-corrected chi connectivity index (χ4v) is 5.59. The molecule has 0 radical (unpaired) electrons. The van der Waals surface area contributed by atoms with Gasteiger partial charge in [-0.3, -0.25) is 9.88 Å². The highest BCUT2D eigenvalue weighted by Crippen LogP contribution is 2.38. The number of fused-ring (bicyclic) bond motifs is 1. The molecule has 18 heteroatoms. The molecule has 0 saturated carbocycles. The van der Waals surface area contributed by atoms with Crippen LogP contribution < -0.4 is 4.74 Å². The zero-order valence-corrected chi connectivity index (χ0v) is 22.7. The van der Waals surface area contributed by atoms with E-state index < -0.39 is 39.9 Å². The van der Waals surface area contributed by atoms with Crippen LogP contribution in [0.1, 0.15) is 12.0 Å². The molecule has 1 aromatic heterocycles. The third-order valence-corrected chi connectivity index (χ3v) is 7.70. The number of ether oxygens (including phenoxy) is 2. The highest BCUT2D eigenvalue weighted by atomic mass is 32.2. The highest BCUT2D eigenvalue weighted by molar-refractivity contribution is 7.89. The van der Waals surface area contributed by atoms with E-state index in [-0.39, 0.29) is 4.90 Å². The largest absolute Gasteiger partial charge is 0.490 e. The molecule has 2 aliphatic rings. The van der Waals surface area contributed by atoms with Crippen molar-refractivity contribution in [3.05, 3.63) is 54.4 Å². The summed E-state index contributed by atoms with van der Waals surface area (Å²) in [6, 6.07) is 10.9. The van der Waals surface area contributed by atoms with Gasteiger partial charge in [0.15, 0.2) is 0 Å². The Hall–Kier alpha value is -3.48. The highest BCUT2D eigenvalue weighted by Gasteiger charge is 2.47. The van der Waals surface area contributed by atoms with Crippen LogP contribution in [0.4, 0.5) is 26.3 Å². The first-order valence-corrected chi connectivity index (χ1v) is 13.3. The molecule has 2 aromatic rings. The topological polar surface area (TPSA) is 147 Å². The number of hydrogen-bond donors (Lipinski definition) is 2. The summed E-state index contributed by atoms with van der Waals surface area (Å²) in [6.45, 7) is 3.24. The Bertz CT molecular complexity index is 1290. The fourth-order valence-electron chi connectivity index (χ4n) is 3.98. The normalized spacial score (nSPS) is 20.2. The van der Waals surface area contributed by atoms with E-state index in [2.05, 4.69) is 16.0 Å². The summed E-state index contributed by atoms with van der Waals surface area (Å²) < 4.78 is 103. The van der Waals surface area contributed by atoms with Gasteiger partial charge in [0.2, 0.25) is 10.0 Å². The van der Waals surface area contributed by atoms with E-state index in [0.717, 1.165) is 25.1 Å². The van der Waals surface area contributed by atoms with Crippen LogP contribution in [-0.4, -0.2) is 103 Å². The summed E-state index contributed by atoms with van der Waals surface area (Å²) in [5.41, 5.74) is 0.563. The van der Waals surface area contributed by atoms with Crippen molar-refractivity contribution in [1.29, 1.82) is 0 Å². The van der Waals surface area contributed by atoms with Crippen molar-refractivity contribution < 1.29 is 64.0 Å². The smallest absolute Gasteiger partial charge is 0.483 e. The van der Waals surface area contributed by atoms with Crippen LogP contribution in [0.5, 0.6) is 5.75 Å². The van der Waals surface area contributed by atoms with Gasteiger partial charge in [-0.25, -0.2) is 18.0 Å². The molecule has 1 fully saturated rings. The quantitative estimate of drug-likeness (QED) is 0.472. The van der Waals surface area contributed by atoms with Crippen LogP contribution >= 0.6 is 0 Å². The first-order chi connectivity index (χ1) is 19.4. The van der Waals surface area contributed by atoms with Crippen molar-refractivity contribution in [1.82, 2.24) is 14.2 Å². The maximum atomic E-state index is 13.2. The van der Waals surface area contributed by atoms with Crippen LogP contribution in [0.15, 0.2) is 53.7 Å². The zero-order chi connectivity index (χ0) is 31.8. The SMILES string of the molecule is COCCN1CC2(CCN(Cc3cccnc3)C2)Oc2ccccc2S1(=O)=O.O=C(O)C(F)(F)F.O=C(O)C(F)(F)F. The molecular formula is C24H27F6N3O8S. The number of halogens is 6. The summed E-state index contributed by atoms with van der Waals surface area (Å²) >= 11 is 0. The lowest BCUT2D eigenvalue weighted by atomic mass is 10.0. The van der Waals surface area contributed by atoms with Gasteiger partial charge in [0, 0.05) is 52.1 Å². The van der Waals surface area contributed by atoms with Gasteiger partial charge in [0.1, 0.15) is 16.2 Å². The van der Waals surface area contributed by atoms with Gasteiger partial charge in [0.05, 0.1) is 13.2 Å². The minimum atomic E-state index is -5.08. The molecule has 1 atom stereocenters. The molecule has 0 amide bonds. The van der Waals surface area contributed by atoms with Gasteiger partial charge in [-0.2, -0.15) is 30.6 Å². The fraction of sp³-hybridized carbons (Fsp3) is 0.458. The second-order valence-corrected chi connectivity index (χ2v) is 10.9. The number of para-hydroxylation sites is 1. The predicted molar refractivity (Wildman–Crippen MR) is 132 cm³/mol. The number of carboxylic acids is 2. The Morgan fingerprint density at radius 2 is 1.62 bits per heavy atom. The van der Waals surface area contributed by atoms with E-state index in [1.54, 1.807) is 31.5 Å². The van der Waals surface area contributed by atoms with Gasteiger partial charge in [-0.15, -0.1) is 0 Å². The molecule has 2 N–H and O–H groups in total. The molecule has 42 heavy (non-hydrogen) atoms. The van der Waals surface area contributed by atoms with E-state index in [9.17, 15) is 34.8 Å². The number of hydrogen-bond acceptors (Lipinski definition) is 8. The van der Waals surface area contributed by atoms with E-state index >= 15 is 0 Å². The zero-order valence-electron chi connectivity index (χ0n) is 21.9. The Balaban J connectivity index is 0.000000367. The molecule has 1 saturated heterocycles. The minimum Gasteiger partial charge on any atom is -0.483 e. The molecule has 1 spiro atoms. The molecule has 234 valence electrons. The van der Waals surface area contributed by atoms with Crippen molar-refractivity contribution in [2.75, 3.05) is 39.9 Å². The maximum Gasteiger partial charge on any atom is 0.490 e. The van der Waals surface area contributed by atoms with E-state index in [1.807, 2.05) is 18.3 Å². The van der Waals surface area contributed by atoms with E-state index in [0.29, 0.717) is 32.0 Å². The Morgan fingerprint density at radius 3 is 2.14 bits per heavy atom. The number of carbonyl (C=O) groups is 2.